The second-order valence-corrected chi connectivity index (χ2v) is 6.08. The molecule has 1 heterocycles. The Balaban J connectivity index is 1.98. The second kappa shape index (κ2) is 6.11. The van der Waals surface area contributed by atoms with E-state index in [1.54, 1.807) is 6.07 Å². The molecule has 1 aromatic carbocycles. The number of hydrogen-bond acceptors (Lipinski definition) is 2. The van der Waals surface area contributed by atoms with Gasteiger partial charge in [0.25, 0.3) is 0 Å². The quantitative estimate of drug-likeness (QED) is 0.762. The van der Waals surface area contributed by atoms with Crippen molar-refractivity contribution in [1.29, 1.82) is 0 Å². The summed E-state index contributed by atoms with van der Waals surface area (Å²) in [7, 11) is 0. The van der Waals surface area contributed by atoms with E-state index in [0.717, 1.165) is 36.3 Å². The fourth-order valence-electron chi connectivity index (χ4n) is 2.93. The summed E-state index contributed by atoms with van der Waals surface area (Å²) in [6, 6.07) is 3.35. The van der Waals surface area contributed by atoms with E-state index in [1.807, 2.05) is 6.92 Å². The minimum Gasteiger partial charge on any atom is -0.378 e. The Labute approximate surface area is 133 Å². The van der Waals surface area contributed by atoms with Crippen LogP contribution in [0.25, 0.3) is 11.0 Å². The van der Waals surface area contributed by atoms with Gasteiger partial charge < -0.3 is 9.30 Å². The maximum Gasteiger partial charge on any atom is 0.144 e. The molecule has 1 aromatic heterocycles. The molecule has 0 saturated heterocycles. The molecular weight excluding hydrogens is 314 g/mol. The van der Waals surface area contributed by atoms with Gasteiger partial charge in [0, 0.05) is 31.0 Å². The first-order valence-electron chi connectivity index (χ1n) is 7.17. The van der Waals surface area contributed by atoms with E-state index in [1.165, 1.54) is 6.07 Å². The Hall–Kier alpha value is -0.840. The van der Waals surface area contributed by atoms with Gasteiger partial charge in [-0.1, -0.05) is 11.6 Å². The zero-order valence-electron chi connectivity index (χ0n) is 11.8. The van der Waals surface area contributed by atoms with Crippen LogP contribution in [0.3, 0.4) is 0 Å². The summed E-state index contributed by atoms with van der Waals surface area (Å²) < 4.78 is 21.5. The number of hydrogen-bond donors (Lipinski definition) is 0. The van der Waals surface area contributed by atoms with Crippen LogP contribution in [0.1, 0.15) is 31.6 Å². The number of aryl methyl sites for hydroxylation is 1. The average molecular weight is 331 g/mol. The molecule has 3 nitrogen and oxygen atoms in total. The van der Waals surface area contributed by atoms with Gasteiger partial charge in [-0.3, -0.25) is 0 Å². The van der Waals surface area contributed by atoms with Crippen molar-refractivity contribution in [3.8, 4) is 0 Å². The molecule has 1 aliphatic carbocycles. The van der Waals surface area contributed by atoms with Crippen molar-refractivity contribution < 1.29 is 9.13 Å². The molecule has 0 N–H and O–H groups in total. The molecule has 1 saturated carbocycles. The molecule has 114 valence electrons. The van der Waals surface area contributed by atoms with Gasteiger partial charge in [-0.2, -0.15) is 0 Å². The van der Waals surface area contributed by atoms with E-state index in [0.29, 0.717) is 24.4 Å². The van der Waals surface area contributed by atoms with Crippen LogP contribution in [-0.2, 0) is 11.2 Å². The van der Waals surface area contributed by atoms with Gasteiger partial charge in [0.1, 0.15) is 11.6 Å². The van der Waals surface area contributed by atoms with Crippen LogP contribution in [0.4, 0.5) is 4.39 Å². The summed E-state index contributed by atoms with van der Waals surface area (Å²) in [5, 5.41) is 0.102. The topological polar surface area (TPSA) is 27.1 Å². The van der Waals surface area contributed by atoms with E-state index in [-0.39, 0.29) is 5.02 Å². The Morgan fingerprint density at radius 2 is 2.19 bits per heavy atom. The molecule has 21 heavy (non-hydrogen) atoms. The van der Waals surface area contributed by atoms with Gasteiger partial charge in [-0.05, 0) is 25.8 Å². The van der Waals surface area contributed by atoms with Crippen molar-refractivity contribution in [1.82, 2.24) is 9.55 Å². The smallest absolute Gasteiger partial charge is 0.144 e. The van der Waals surface area contributed by atoms with Crippen molar-refractivity contribution in [2.75, 3.05) is 12.5 Å². The number of rotatable bonds is 5. The highest BCUT2D eigenvalue weighted by atomic mass is 35.5. The summed E-state index contributed by atoms with van der Waals surface area (Å²) in [5.74, 6) is 0.964. The van der Waals surface area contributed by atoms with Gasteiger partial charge in [-0.15, -0.1) is 11.6 Å². The number of imidazole rings is 1. The molecule has 1 fully saturated rings. The van der Waals surface area contributed by atoms with Gasteiger partial charge in [0.05, 0.1) is 22.2 Å². The Morgan fingerprint density at radius 1 is 1.43 bits per heavy atom. The number of alkyl halides is 1. The van der Waals surface area contributed by atoms with Crippen LogP contribution < -0.4 is 0 Å². The number of nitrogens with zero attached hydrogens (tertiary/aromatic N) is 2. The molecule has 3 rings (SSSR count). The highest BCUT2D eigenvalue weighted by Crippen LogP contribution is 2.38. The fourth-order valence-corrected chi connectivity index (χ4v) is 3.26. The lowest BCUT2D eigenvalue weighted by molar-refractivity contribution is -0.0193. The lowest BCUT2D eigenvalue weighted by Gasteiger charge is -2.37. The first kappa shape index (κ1) is 15.1. The molecule has 0 unspecified atom stereocenters. The van der Waals surface area contributed by atoms with Gasteiger partial charge in [0.15, 0.2) is 0 Å². The Kier molecular flexibility index (Phi) is 4.38. The third-order valence-electron chi connectivity index (χ3n) is 3.96. The third kappa shape index (κ3) is 2.77. The number of benzene rings is 1. The molecule has 0 amide bonds. The van der Waals surface area contributed by atoms with Crippen molar-refractivity contribution in [3.05, 3.63) is 28.8 Å². The third-order valence-corrected chi connectivity index (χ3v) is 4.44. The number of fused-ring (bicyclic) bond motifs is 1. The molecule has 0 radical (unpaired) electrons. The van der Waals surface area contributed by atoms with E-state index in [2.05, 4.69) is 9.55 Å². The lowest BCUT2D eigenvalue weighted by atomic mass is 9.88. The standard InChI is InChI=1S/C15H17Cl2FN2O/c1-2-21-10-5-9(6-10)20-14-8-12(18)11(17)7-13(14)19-15(20)3-4-16/h7-10H,2-6H2,1H3. The molecule has 0 aliphatic heterocycles. The van der Waals surface area contributed by atoms with E-state index < -0.39 is 5.82 Å². The molecule has 0 spiro atoms. The molecule has 2 aromatic rings. The predicted molar refractivity (Wildman–Crippen MR) is 82.8 cm³/mol. The highest BCUT2D eigenvalue weighted by molar-refractivity contribution is 6.31. The maximum atomic E-state index is 13.8. The van der Waals surface area contributed by atoms with E-state index >= 15 is 0 Å². The summed E-state index contributed by atoms with van der Waals surface area (Å²) in [6.45, 7) is 2.72. The molecule has 6 heteroatoms. The van der Waals surface area contributed by atoms with Gasteiger partial charge in [0.2, 0.25) is 0 Å². The van der Waals surface area contributed by atoms with Crippen LogP contribution in [0.2, 0.25) is 5.02 Å². The normalized spacial score (nSPS) is 21.7. The minimum absolute atomic E-state index is 0.102. The van der Waals surface area contributed by atoms with Crippen molar-refractivity contribution in [3.63, 3.8) is 0 Å². The first-order valence-corrected chi connectivity index (χ1v) is 8.08. The number of aromatic nitrogens is 2. The summed E-state index contributed by atoms with van der Waals surface area (Å²) in [5.41, 5.74) is 1.51. The van der Waals surface area contributed by atoms with Gasteiger partial charge >= 0.3 is 0 Å². The summed E-state index contributed by atoms with van der Waals surface area (Å²) >= 11 is 11.7. The average Bonchev–Trinajstić information content (AvgIpc) is 2.72. The number of ether oxygens (including phenoxy) is 1. The van der Waals surface area contributed by atoms with Crippen molar-refractivity contribution in [2.24, 2.45) is 0 Å². The second-order valence-electron chi connectivity index (χ2n) is 5.29. The summed E-state index contributed by atoms with van der Waals surface area (Å²) in [4.78, 5) is 4.56. The van der Waals surface area contributed by atoms with Gasteiger partial charge in [-0.25, -0.2) is 9.37 Å². The zero-order chi connectivity index (χ0) is 15.0. The maximum absolute atomic E-state index is 13.8. The highest BCUT2D eigenvalue weighted by Gasteiger charge is 2.33. The minimum atomic E-state index is -0.413. The first-order chi connectivity index (χ1) is 10.1. The van der Waals surface area contributed by atoms with Crippen LogP contribution in [0, 0.1) is 5.82 Å². The van der Waals surface area contributed by atoms with Crippen LogP contribution in [0.15, 0.2) is 12.1 Å². The lowest BCUT2D eigenvalue weighted by Crippen LogP contribution is -2.34. The Morgan fingerprint density at radius 3 is 2.86 bits per heavy atom. The largest absolute Gasteiger partial charge is 0.378 e. The van der Waals surface area contributed by atoms with E-state index in [9.17, 15) is 4.39 Å². The molecule has 0 atom stereocenters. The Bertz CT molecular complexity index is 653. The summed E-state index contributed by atoms with van der Waals surface area (Å²) in [6.07, 6.45) is 2.81. The van der Waals surface area contributed by atoms with Crippen LogP contribution in [-0.4, -0.2) is 28.1 Å². The molecular formula is C15H17Cl2FN2O. The number of halogens is 3. The SMILES string of the molecule is CCOC1CC(n2c(CCCl)nc3cc(Cl)c(F)cc32)C1. The predicted octanol–water partition coefficient (Wildman–Crippen LogP) is 4.35. The van der Waals surface area contributed by atoms with Crippen molar-refractivity contribution >= 4 is 34.2 Å². The monoisotopic (exact) mass is 330 g/mol. The fraction of sp³-hybridized carbons (Fsp3) is 0.533. The zero-order valence-corrected chi connectivity index (χ0v) is 13.3. The van der Waals surface area contributed by atoms with Crippen LogP contribution >= 0.6 is 23.2 Å². The molecule has 0 bridgehead atoms. The van der Waals surface area contributed by atoms with E-state index in [4.69, 9.17) is 27.9 Å². The molecule has 1 aliphatic rings. The van der Waals surface area contributed by atoms with Crippen LogP contribution in [0.5, 0.6) is 0 Å². The van der Waals surface area contributed by atoms with Crippen molar-refractivity contribution in [2.45, 2.75) is 38.3 Å².